The Morgan fingerprint density at radius 3 is 2.81 bits per heavy atom. The van der Waals surface area contributed by atoms with E-state index in [1.165, 1.54) is 11.1 Å². The zero-order chi connectivity index (χ0) is 15.8. The van der Waals surface area contributed by atoms with Crippen molar-refractivity contribution in [3.8, 4) is 11.8 Å². The Labute approximate surface area is 124 Å². The SMILES string of the molecule is CC(C)NC(=O)CN(C)C(=O)c1ncccc1C#CCN. The minimum atomic E-state index is -0.351. The van der Waals surface area contributed by atoms with Gasteiger partial charge in [-0.05, 0) is 26.0 Å². The lowest BCUT2D eigenvalue weighted by atomic mass is 10.1. The minimum absolute atomic E-state index is 0.0295. The van der Waals surface area contributed by atoms with Gasteiger partial charge < -0.3 is 16.0 Å². The number of pyridine rings is 1. The maximum absolute atomic E-state index is 12.3. The summed E-state index contributed by atoms with van der Waals surface area (Å²) in [6.07, 6.45) is 1.52. The number of likely N-dealkylation sites (N-methyl/N-ethyl adjacent to an activating group) is 1. The number of carbonyl (C=O) groups excluding carboxylic acids is 2. The van der Waals surface area contributed by atoms with E-state index in [0.29, 0.717) is 5.56 Å². The van der Waals surface area contributed by atoms with Gasteiger partial charge in [0.25, 0.3) is 5.91 Å². The molecule has 0 radical (unpaired) electrons. The van der Waals surface area contributed by atoms with Crippen LogP contribution in [0.5, 0.6) is 0 Å². The fourth-order valence-corrected chi connectivity index (χ4v) is 1.66. The number of carbonyl (C=O) groups is 2. The quantitative estimate of drug-likeness (QED) is 0.763. The molecule has 3 N–H and O–H groups in total. The van der Waals surface area contributed by atoms with E-state index in [9.17, 15) is 9.59 Å². The average molecular weight is 288 g/mol. The summed E-state index contributed by atoms with van der Waals surface area (Å²) >= 11 is 0. The van der Waals surface area contributed by atoms with Crippen LogP contribution in [0.2, 0.25) is 0 Å². The number of nitrogens with one attached hydrogen (secondary N) is 1. The molecule has 6 nitrogen and oxygen atoms in total. The molecule has 1 heterocycles. The average Bonchev–Trinajstić information content (AvgIpc) is 2.43. The van der Waals surface area contributed by atoms with Crippen molar-refractivity contribution in [2.24, 2.45) is 5.73 Å². The first kappa shape index (κ1) is 16.7. The highest BCUT2D eigenvalue weighted by Crippen LogP contribution is 2.06. The van der Waals surface area contributed by atoms with E-state index in [1.54, 1.807) is 19.2 Å². The molecule has 6 heteroatoms. The second-order valence-corrected chi connectivity index (χ2v) is 4.79. The molecule has 0 spiro atoms. The highest BCUT2D eigenvalue weighted by atomic mass is 16.2. The van der Waals surface area contributed by atoms with Gasteiger partial charge in [-0.2, -0.15) is 0 Å². The summed E-state index contributed by atoms with van der Waals surface area (Å²) < 4.78 is 0. The van der Waals surface area contributed by atoms with Crippen LogP contribution in [-0.4, -0.2) is 47.9 Å². The first-order chi connectivity index (χ1) is 9.95. The molecular weight excluding hydrogens is 268 g/mol. The third kappa shape index (κ3) is 5.24. The van der Waals surface area contributed by atoms with Crippen LogP contribution in [0.15, 0.2) is 18.3 Å². The van der Waals surface area contributed by atoms with E-state index in [4.69, 9.17) is 5.73 Å². The number of nitrogens with zero attached hydrogens (tertiary/aromatic N) is 2. The summed E-state index contributed by atoms with van der Waals surface area (Å²) in [4.78, 5) is 29.4. The van der Waals surface area contributed by atoms with Gasteiger partial charge in [0.15, 0.2) is 0 Å². The zero-order valence-corrected chi connectivity index (χ0v) is 12.5. The van der Waals surface area contributed by atoms with Crippen molar-refractivity contribution >= 4 is 11.8 Å². The Morgan fingerprint density at radius 2 is 2.19 bits per heavy atom. The normalized spacial score (nSPS) is 9.76. The molecule has 1 aromatic rings. The topological polar surface area (TPSA) is 88.3 Å². The van der Waals surface area contributed by atoms with Gasteiger partial charge in [-0.15, -0.1) is 0 Å². The lowest BCUT2D eigenvalue weighted by Crippen LogP contribution is -2.41. The summed E-state index contributed by atoms with van der Waals surface area (Å²) in [6, 6.07) is 3.43. The largest absolute Gasteiger partial charge is 0.352 e. The van der Waals surface area contributed by atoms with Gasteiger partial charge >= 0.3 is 0 Å². The minimum Gasteiger partial charge on any atom is -0.352 e. The highest BCUT2D eigenvalue weighted by molar-refractivity contribution is 5.96. The van der Waals surface area contributed by atoms with Crippen LogP contribution in [0.3, 0.4) is 0 Å². The van der Waals surface area contributed by atoms with Crippen LogP contribution in [0, 0.1) is 11.8 Å². The van der Waals surface area contributed by atoms with E-state index in [-0.39, 0.29) is 36.6 Å². The van der Waals surface area contributed by atoms with Crippen molar-refractivity contribution in [2.45, 2.75) is 19.9 Å². The predicted molar refractivity (Wildman–Crippen MR) is 80.4 cm³/mol. The van der Waals surface area contributed by atoms with Crippen LogP contribution in [0.1, 0.15) is 29.9 Å². The molecule has 0 aliphatic rings. The molecule has 1 aromatic heterocycles. The molecule has 0 aliphatic heterocycles. The summed E-state index contributed by atoms with van der Waals surface area (Å²) in [5, 5.41) is 2.73. The molecule has 0 aliphatic carbocycles. The van der Waals surface area contributed by atoms with Gasteiger partial charge in [-0.25, -0.2) is 4.98 Å². The van der Waals surface area contributed by atoms with Crippen LogP contribution in [-0.2, 0) is 4.79 Å². The molecule has 112 valence electrons. The van der Waals surface area contributed by atoms with E-state index in [2.05, 4.69) is 22.1 Å². The lowest BCUT2D eigenvalue weighted by Gasteiger charge is -2.18. The number of nitrogens with two attached hydrogens (primary N) is 1. The van der Waals surface area contributed by atoms with Gasteiger partial charge in [0.1, 0.15) is 5.69 Å². The highest BCUT2D eigenvalue weighted by Gasteiger charge is 2.18. The van der Waals surface area contributed by atoms with E-state index in [0.717, 1.165) is 0 Å². The molecule has 1 rings (SSSR count). The molecular formula is C15H20N4O2. The van der Waals surface area contributed by atoms with E-state index in [1.807, 2.05) is 13.8 Å². The van der Waals surface area contributed by atoms with Crippen LogP contribution in [0.25, 0.3) is 0 Å². The molecule has 0 saturated heterocycles. The first-order valence-corrected chi connectivity index (χ1v) is 6.64. The van der Waals surface area contributed by atoms with Crippen molar-refractivity contribution in [1.29, 1.82) is 0 Å². The van der Waals surface area contributed by atoms with Crippen molar-refractivity contribution < 1.29 is 9.59 Å². The summed E-state index contributed by atoms with van der Waals surface area (Å²) in [5.74, 6) is 4.93. The second-order valence-electron chi connectivity index (χ2n) is 4.79. The van der Waals surface area contributed by atoms with Crippen LogP contribution < -0.4 is 11.1 Å². The molecule has 0 aromatic carbocycles. The Balaban J connectivity index is 2.86. The lowest BCUT2D eigenvalue weighted by molar-refractivity contribution is -0.122. The van der Waals surface area contributed by atoms with E-state index < -0.39 is 0 Å². The molecule has 0 fully saturated rings. The molecule has 0 atom stereocenters. The van der Waals surface area contributed by atoms with E-state index >= 15 is 0 Å². The summed E-state index contributed by atoms with van der Waals surface area (Å²) in [6.45, 7) is 3.89. The van der Waals surface area contributed by atoms with Crippen molar-refractivity contribution in [2.75, 3.05) is 20.1 Å². The second kappa shape index (κ2) is 8.02. The van der Waals surface area contributed by atoms with Crippen molar-refractivity contribution in [3.63, 3.8) is 0 Å². The van der Waals surface area contributed by atoms with Crippen molar-refractivity contribution in [1.82, 2.24) is 15.2 Å². The standard InChI is InChI=1S/C15H20N4O2/c1-11(2)18-13(20)10-19(3)15(21)14-12(6-4-8-16)7-5-9-17-14/h5,7,9,11H,8,10,16H2,1-3H3,(H,18,20). The number of rotatable bonds is 4. The maximum Gasteiger partial charge on any atom is 0.273 e. The number of amides is 2. The summed E-state index contributed by atoms with van der Waals surface area (Å²) in [5.41, 5.74) is 6.06. The number of hydrogen-bond donors (Lipinski definition) is 2. The molecule has 0 bridgehead atoms. The molecule has 2 amide bonds. The van der Waals surface area contributed by atoms with Gasteiger partial charge in [-0.1, -0.05) is 11.8 Å². The fraction of sp³-hybridized carbons (Fsp3) is 0.400. The third-order valence-electron chi connectivity index (χ3n) is 2.51. The van der Waals surface area contributed by atoms with Crippen LogP contribution in [0.4, 0.5) is 0 Å². The maximum atomic E-state index is 12.3. The first-order valence-electron chi connectivity index (χ1n) is 6.64. The molecule has 0 saturated carbocycles. The van der Waals surface area contributed by atoms with Gasteiger partial charge in [0, 0.05) is 19.3 Å². The smallest absolute Gasteiger partial charge is 0.273 e. The Kier molecular flexibility index (Phi) is 6.37. The Morgan fingerprint density at radius 1 is 1.48 bits per heavy atom. The molecule has 0 unspecified atom stereocenters. The van der Waals surface area contributed by atoms with Crippen molar-refractivity contribution in [3.05, 3.63) is 29.6 Å². The van der Waals surface area contributed by atoms with Gasteiger partial charge in [-0.3, -0.25) is 9.59 Å². The predicted octanol–water partition coefficient (Wildman–Crippen LogP) is -0.0116. The monoisotopic (exact) mass is 288 g/mol. The molecule has 21 heavy (non-hydrogen) atoms. The van der Waals surface area contributed by atoms with Crippen LogP contribution >= 0.6 is 0 Å². The summed E-state index contributed by atoms with van der Waals surface area (Å²) in [7, 11) is 1.55. The fourth-order valence-electron chi connectivity index (χ4n) is 1.66. The Bertz CT molecular complexity index is 573. The number of hydrogen-bond acceptors (Lipinski definition) is 4. The van der Waals surface area contributed by atoms with Gasteiger partial charge in [0.05, 0.1) is 18.7 Å². The third-order valence-corrected chi connectivity index (χ3v) is 2.51. The van der Waals surface area contributed by atoms with Gasteiger partial charge in [0.2, 0.25) is 5.91 Å². The zero-order valence-electron chi connectivity index (χ0n) is 12.5. The Hall–Kier alpha value is -2.39. The number of aromatic nitrogens is 1.